The zero-order valence-electron chi connectivity index (χ0n) is 22.9. The molecule has 1 aromatic heterocycles. The lowest BCUT2D eigenvalue weighted by atomic mass is 9.72. The van der Waals surface area contributed by atoms with Crippen LogP contribution >= 0.6 is 0 Å². The number of hydrogen-bond acceptors (Lipinski definition) is 5. The van der Waals surface area contributed by atoms with E-state index in [2.05, 4.69) is 19.2 Å². The average Bonchev–Trinajstić information content (AvgIpc) is 3.59. The van der Waals surface area contributed by atoms with Crippen molar-refractivity contribution in [3.8, 4) is 5.75 Å². The van der Waals surface area contributed by atoms with Gasteiger partial charge in [-0.25, -0.2) is 13.2 Å². The number of rotatable bonds is 12. The second kappa shape index (κ2) is 10.9. The Morgan fingerprint density at radius 1 is 1.03 bits per heavy atom. The number of aromatic nitrogens is 1. The van der Waals surface area contributed by atoms with Crippen LogP contribution in [0.15, 0.2) is 65.6 Å². The van der Waals surface area contributed by atoms with Crippen LogP contribution in [0.4, 0.5) is 0 Å². The monoisotopic (exact) mass is 552 g/mol. The summed E-state index contributed by atoms with van der Waals surface area (Å²) in [5.74, 6) is -1.35. The van der Waals surface area contributed by atoms with Gasteiger partial charge in [-0.3, -0.25) is 4.79 Å². The first kappa shape index (κ1) is 28.4. The number of carboxylic acids is 1. The van der Waals surface area contributed by atoms with E-state index in [9.17, 15) is 23.1 Å². The lowest BCUT2D eigenvalue weighted by Gasteiger charge is -2.34. The summed E-state index contributed by atoms with van der Waals surface area (Å²) in [4.78, 5) is 25.0. The molecule has 1 aliphatic carbocycles. The number of nitrogens with zero attached hydrogens (tertiary/aromatic N) is 1. The van der Waals surface area contributed by atoms with E-state index in [-0.39, 0.29) is 10.8 Å². The Hall–Kier alpha value is -3.59. The highest BCUT2D eigenvalue weighted by Crippen LogP contribution is 2.42. The van der Waals surface area contributed by atoms with E-state index in [1.807, 2.05) is 42.7 Å². The SMILES string of the molecule is CCn1c(C(=O)NC2(C(=O)O)CC2)ccc1C(CC)(CC)c1ccc(OCS(=O)(=O)c2ccccc2)c(C)c1. The van der Waals surface area contributed by atoms with Gasteiger partial charge in [-0.05, 0) is 81.0 Å². The fourth-order valence-corrected chi connectivity index (χ4v) is 6.33. The van der Waals surface area contributed by atoms with Gasteiger partial charge in [-0.2, -0.15) is 0 Å². The highest BCUT2D eigenvalue weighted by Gasteiger charge is 2.52. The molecule has 1 amide bonds. The summed E-state index contributed by atoms with van der Waals surface area (Å²) in [6.45, 7) is 8.61. The van der Waals surface area contributed by atoms with E-state index in [0.29, 0.717) is 30.8 Å². The molecule has 208 valence electrons. The second-order valence-corrected chi connectivity index (χ2v) is 12.1. The van der Waals surface area contributed by atoms with Gasteiger partial charge >= 0.3 is 5.97 Å². The number of carbonyl (C=O) groups is 2. The Morgan fingerprint density at radius 3 is 2.23 bits per heavy atom. The van der Waals surface area contributed by atoms with Crippen molar-refractivity contribution in [2.75, 3.05) is 5.94 Å². The van der Waals surface area contributed by atoms with Crippen LogP contribution in [0.25, 0.3) is 0 Å². The summed E-state index contributed by atoms with van der Waals surface area (Å²) in [5.41, 5.74) is 1.68. The van der Waals surface area contributed by atoms with Crippen molar-refractivity contribution in [1.82, 2.24) is 9.88 Å². The predicted molar refractivity (Wildman–Crippen MR) is 149 cm³/mol. The zero-order valence-corrected chi connectivity index (χ0v) is 23.7. The maximum absolute atomic E-state index is 13.1. The molecule has 1 fully saturated rings. The Balaban J connectivity index is 1.63. The van der Waals surface area contributed by atoms with Gasteiger partial charge in [0, 0.05) is 17.7 Å². The van der Waals surface area contributed by atoms with Crippen LogP contribution < -0.4 is 10.1 Å². The number of benzene rings is 2. The van der Waals surface area contributed by atoms with E-state index in [1.54, 1.807) is 36.4 Å². The van der Waals surface area contributed by atoms with Crippen molar-refractivity contribution in [3.05, 3.63) is 83.2 Å². The van der Waals surface area contributed by atoms with Gasteiger partial charge in [0.2, 0.25) is 9.84 Å². The Morgan fingerprint density at radius 2 is 1.69 bits per heavy atom. The quantitative estimate of drug-likeness (QED) is 0.324. The zero-order chi connectivity index (χ0) is 28.4. The number of carbonyl (C=O) groups excluding carboxylic acids is 1. The Bertz CT molecular complexity index is 1470. The predicted octanol–water partition coefficient (Wildman–Crippen LogP) is 5.08. The van der Waals surface area contributed by atoms with Gasteiger partial charge in [-0.15, -0.1) is 0 Å². The summed E-state index contributed by atoms with van der Waals surface area (Å²) >= 11 is 0. The Labute approximate surface area is 229 Å². The molecule has 0 saturated heterocycles. The molecule has 1 aliphatic rings. The Kier molecular flexibility index (Phi) is 7.93. The highest BCUT2D eigenvalue weighted by atomic mass is 32.2. The fourth-order valence-electron chi connectivity index (χ4n) is 5.34. The highest BCUT2D eigenvalue weighted by molar-refractivity contribution is 7.91. The van der Waals surface area contributed by atoms with Crippen LogP contribution in [0, 0.1) is 6.92 Å². The molecule has 1 heterocycles. The van der Waals surface area contributed by atoms with Crippen molar-refractivity contribution >= 4 is 21.7 Å². The molecule has 2 N–H and O–H groups in total. The molecule has 2 aromatic carbocycles. The molecule has 3 aromatic rings. The lowest BCUT2D eigenvalue weighted by molar-refractivity contribution is -0.140. The van der Waals surface area contributed by atoms with E-state index in [1.165, 1.54) is 0 Å². The van der Waals surface area contributed by atoms with Gasteiger partial charge in [0.25, 0.3) is 5.91 Å². The van der Waals surface area contributed by atoms with Gasteiger partial charge in [0.1, 0.15) is 17.0 Å². The third-order valence-corrected chi connectivity index (χ3v) is 9.36. The largest absolute Gasteiger partial charge is 0.480 e. The maximum Gasteiger partial charge on any atom is 0.329 e. The summed E-state index contributed by atoms with van der Waals surface area (Å²) in [5, 5.41) is 12.2. The molecule has 0 radical (unpaired) electrons. The normalized spacial score (nSPS) is 14.6. The van der Waals surface area contributed by atoms with Crippen molar-refractivity contribution < 1.29 is 27.9 Å². The number of amides is 1. The first-order valence-electron chi connectivity index (χ1n) is 13.3. The third-order valence-electron chi connectivity index (χ3n) is 7.94. The number of carboxylic acid groups (broad SMARTS) is 1. The first-order chi connectivity index (χ1) is 18.5. The number of hydrogen-bond donors (Lipinski definition) is 2. The number of aliphatic carboxylic acids is 1. The molecule has 0 atom stereocenters. The molecule has 0 spiro atoms. The average molecular weight is 553 g/mol. The van der Waals surface area contributed by atoms with Crippen LogP contribution in [0.2, 0.25) is 0 Å². The molecule has 8 nitrogen and oxygen atoms in total. The summed E-state index contributed by atoms with van der Waals surface area (Å²) in [6, 6.07) is 17.7. The van der Waals surface area contributed by atoms with Crippen molar-refractivity contribution in [2.24, 2.45) is 0 Å². The smallest absolute Gasteiger partial charge is 0.329 e. The van der Waals surface area contributed by atoms with Gasteiger partial charge < -0.3 is 19.7 Å². The van der Waals surface area contributed by atoms with Gasteiger partial charge in [0.15, 0.2) is 5.94 Å². The van der Waals surface area contributed by atoms with Crippen LogP contribution in [-0.4, -0.2) is 41.4 Å². The van der Waals surface area contributed by atoms with E-state index in [0.717, 1.165) is 29.7 Å². The molecule has 0 aliphatic heterocycles. The van der Waals surface area contributed by atoms with Crippen molar-refractivity contribution in [3.63, 3.8) is 0 Å². The van der Waals surface area contributed by atoms with Crippen molar-refractivity contribution in [1.29, 1.82) is 0 Å². The number of nitrogens with one attached hydrogen (secondary N) is 1. The molecule has 9 heteroatoms. The molecule has 0 bridgehead atoms. The molecule has 39 heavy (non-hydrogen) atoms. The maximum atomic E-state index is 13.1. The van der Waals surface area contributed by atoms with E-state index < -0.39 is 32.7 Å². The van der Waals surface area contributed by atoms with Gasteiger partial charge in [-0.1, -0.05) is 44.2 Å². The van der Waals surface area contributed by atoms with Gasteiger partial charge in [0.05, 0.1) is 4.90 Å². The standard InChI is InChI=1S/C30H36N2O6S/c1-5-29(6-2,26-16-14-24(32(26)7-3)27(33)31-30(17-18-30)28(34)35)22-13-15-25(21(4)19-22)38-20-39(36,37)23-11-9-8-10-12-23/h8-16,19H,5-7,17-18,20H2,1-4H3,(H,31,33)(H,34,35). The third kappa shape index (κ3) is 5.32. The molecule has 0 unspecified atom stereocenters. The molecular weight excluding hydrogens is 516 g/mol. The molecule has 4 rings (SSSR count). The van der Waals surface area contributed by atoms with Crippen LogP contribution in [0.1, 0.15) is 73.8 Å². The minimum absolute atomic E-state index is 0.214. The van der Waals surface area contributed by atoms with Crippen molar-refractivity contribution in [2.45, 2.75) is 75.8 Å². The summed E-state index contributed by atoms with van der Waals surface area (Å²) in [7, 11) is -3.59. The molecular formula is C30H36N2O6S. The summed E-state index contributed by atoms with van der Waals surface area (Å²) < 4.78 is 33.1. The minimum atomic E-state index is -3.59. The van der Waals surface area contributed by atoms with E-state index in [4.69, 9.17) is 4.74 Å². The topological polar surface area (TPSA) is 115 Å². The number of ether oxygens (including phenoxy) is 1. The van der Waals surface area contributed by atoms with E-state index >= 15 is 0 Å². The lowest BCUT2D eigenvalue weighted by Crippen LogP contribution is -2.44. The fraction of sp³-hybridized carbons (Fsp3) is 0.400. The van der Waals surface area contributed by atoms with Crippen LogP contribution in [0.5, 0.6) is 5.75 Å². The number of aryl methyl sites for hydroxylation is 1. The number of sulfone groups is 1. The van der Waals surface area contributed by atoms with Crippen LogP contribution in [0.3, 0.4) is 0 Å². The molecule has 1 saturated carbocycles. The van der Waals surface area contributed by atoms with Crippen LogP contribution in [-0.2, 0) is 26.6 Å². The summed E-state index contributed by atoms with van der Waals surface area (Å²) in [6.07, 6.45) is 2.38. The second-order valence-electron chi connectivity index (χ2n) is 10.1. The minimum Gasteiger partial charge on any atom is -0.480 e. The first-order valence-corrected chi connectivity index (χ1v) is 15.0.